The predicted molar refractivity (Wildman–Crippen MR) is 68.9 cm³/mol. The molecule has 2 atom stereocenters. The summed E-state index contributed by atoms with van der Waals surface area (Å²) in [6.07, 6.45) is 3.53. The number of ether oxygens (including phenoxy) is 1. The van der Waals surface area contributed by atoms with Gasteiger partial charge in [0.2, 0.25) is 0 Å². The Bertz CT molecular complexity index is 406. The molecule has 96 valence electrons. The largest absolute Gasteiger partial charge is 0.461 e. The Labute approximate surface area is 108 Å². The molecule has 0 radical (unpaired) electrons. The van der Waals surface area contributed by atoms with Gasteiger partial charge >= 0.3 is 5.97 Å². The minimum Gasteiger partial charge on any atom is -0.461 e. The Balaban J connectivity index is 1.50. The van der Waals surface area contributed by atoms with Gasteiger partial charge in [0.15, 0.2) is 0 Å². The first-order chi connectivity index (χ1) is 8.83. The lowest BCUT2D eigenvalue weighted by molar-refractivity contribution is -0.149. The third-order valence-corrected chi connectivity index (χ3v) is 4.07. The smallest absolute Gasteiger partial charge is 0.310 e. The molecule has 0 aromatic heterocycles. The summed E-state index contributed by atoms with van der Waals surface area (Å²) < 4.78 is 5.41. The monoisotopic (exact) mass is 245 g/mol. The van der Waals surface area contributed by atoms with E-state index in [1.54, 1.807) is 0 Å². The Morgan fingerprint density at radius 2 is 2.17 bits per heavy atom. The SMILES string of the molecule is O=C(OCc1ccccc1)[C@H]1C[C@@H]2CCCN2C1. The third kappa shape index (κ3) is 2.41. The Hall–Kier alpha value is -1.35. The molecule has 0 amide bonds. The summed E-state index contributed by atoms with van der Waals surface area (Å²) in [4.78, 5) is 14.4. The van der Waals surface area contributed by atoms with Gasteiger partial charge in [0.05, 0.1) is 5.92 Å². The second kappa shape index (κ2) is 5.11. The molecule has 0 N–H and O–H groups in total. The zero-order chi connectivity index (χ0) is 12.4. The van der Waals surface area contributed by atoms with E-state index in [1.165, 1.54) is 12.8 Å². The number of esters is 1. The molecule has 2 aliphatic heterocycles. The van der Waals surface area contributed by atoms with E-state index in [1.807, 2.05) is 30.3 Å². The van der Waals surface area contributed by atoms with Crippen LogP contribution in [0.2, 0.25) is 0 Å². The summed E-state index contributed by atoms with van der Waals surface area (Å²) in [5.74, 6) is 0.0762. The van der Waals surface area contributed by atoms with Gasteiger partial charge in [-0.3, -0.25) is 9.69 Å². The van der Waals surface area contributed by atoms with Crippen molar-refractivity contribution in [2.45, 2.75) is 31.9 Å². The minimum absolute atomic E-state index is 0.0201. The van der Waals surface area contributed by atoms with Crippen LogP contribution in [0.4, 0.5) is 0 Å². The number of nitrogens with zero attached hydrogens (tertiary/aromatic N) is 1. The van der Waals surface area contributed by atoms with Crippen LogP contribution in [-0.2, 0) is 16.1 Å². The van der Waals surface area contributed by atoms with Crippen LogP contribution in [0, 0.1) is 5.92 Å². The van der Waals surface area contributed by atoms with Crippen LogP contribution < -0.4 is 0 Å². The molecule has 18 heavy (non-hydrogen) atoms. The highest BCUT2D eigenvalue weighted by molar-refractivity contribution is 5.73. The molecule has 1 aromatic carbocycles. The quantitative estimate of drug-likeness (QED) is 0.765. The molecule has 0 aliphatic carbocycles. The normalized spacial score (nSPS) is 27.1. The van der Waals surface area contributed by atoms with Crippen molar-refractivity contribution in [1.82, 2.24) is 4.90 Å². The molecule has 3 nitrogen and oxygen atoms in total. The standard InChI is InChI=1S/C15H19NO2/c17-15(18-11-12-5-2-1-3-6-12)13-9-14-7-4-8-16(14)10-13/h1-3,5-6,13-14H,4,7-11H2/t13-,14-/m0/s1. The molecular weight excluding hydrogens is 226 g/mol. The van der Waals surface area contributed by atoms with Crippen molar-refractivity contribution < 1.29 is 9.53 Å². The lowest BCUT2D eigenvalue weighted by Gasteiger charge is -2.13. The summed E-state index contributed by atoms with van der Waals surface area (Å²) >= 11 is 0. The van der Waals surface area contributed by atoms with Crippen molar-refractivity contribution in [1.29, 1.82) is 0 Å². The van der Waals surface area contributed by atoms with Gasteiger partial charge in [-0.1, -0.05) is 30.3 Å². The van der Waals surface area contributed by atoms with Gasteiger partial charge in [-0.15, -0.1) is 0 Å². The third-order valence-electron chi connectivity index (χ3n) is 4.07. The van der Waals surface area contributed by atoms with Crippen LogP contribution in [-0.4, -0.2) is 30.0 Å². The summed E-state index contributed by atoms with van der Waals surface area (Å²) in [6.45, 7) is 2.46. The zero-order valence-electron chi connectivity index (χ0n) is 10.5. The molecule has 2 heterocycles. The second-order valence-corrected chi connectivity index (χ2v) is 5.32. The van der Waals surface area contributed by atoms with Crippen molar-refractivity contribution in [3.63, 3.8) is 0 Å². The van der Waals surface area contributed by atoms with E-state index in [0.29, 0.717) is 12.6 Å². The highest BCUT2D eigenvalue weighted by Gasteiger charge is 2.39. The average molecular weight is 245 g/mol. The van der Waals surface area contributed by atoms with E-state index >= 15 is 0 Å². The number of rotatable bonds is 3. The lowest BCUT2D eigenvalue weighted by Crippen LogP contribution is -2.24. The Morgan fingerprint density at radius 3 is 2.94 bits per heavy atom. The van der Waals surface area contributed by atoms with Crippen molar-refractivity contribution in [3.05, 3.63) is 35.9 Å². The topological polar surface area (TPSA) is 29.5 Å². The van der Waals surface area contributed by atoms with Gasteiger partial charge in [0.25, 0.3) is 0 Å². The van der Waals surface area contributed by atoms with Gasteiger partial charge in [-0.05, 0) is 31.4 Å². The maximum Gasteiger partial charge on any atom is 0.310 e. The fraction of sp³-hybridized carbons (Fsp3) is 0.533. The molecule has 2 fully saturated rings. The van der Waals surface area contributed by atoms with E-state index < -0.39 is 0 Å². The van der Waals surface area contributed by atoms with Crippen LogP contribution in [0.15, 0.2) is 30.3 Å². The maximum atomic E-state index is 12.0. The molecule has 0 saturated carbocycles. The number of hydrogen-bond donors (Lipinski definition) is 0. The van der Waals surface area contributed by atoms with Crippen molar-refractivity contribution >= 4 is 5.97 Å². The highest BCUT2D eigenvalue weighted by Crippen LogP contribution is 2.31. The van der Waals surface area contributed by atoms with Gasteiger partial charge in [-0.25, -0.2) is 0 Å². The average Bonchev–Trinajstić information content (AvgIpc) is 2.98. The molecule has 2 saturated heterocycles. The van der Waals surface area contributed by atoms with E-state index in [2.05, 4.69) is 4.90 Å². The second-order valence-electron chi connectivity index (χ2n) is 5.32. The van der Waals surface area contributed by atoms with Crippen LogP contribution in [0.1, 0.15) is 24.8 Å². The summed E-state index contributed by atoms with van der Waals surface area (Å²) in [6, 6.07) is 10.5. The predicted octanol–water partition coefficient (Wildman–Crippen LogP) is 2.21. The van der Waals surface area contributed by atoms with Crippen molar-refractivity contribution in [2.75, 3.05) is 13.1 Å². The lowest BCUT2D eigenvalue weighted by atomic mass is 10.0. The Kier molecular flexibility index (Phi) is 3.33. The van der Waals surface area contributed by atoms with Crippen LogP contribution >= 0.6 is 0 Å². The zero-order valence-corrected chi connectivity index (χ0v) is 10.5. The van der Waals surface area contributed by atoms with Crippen molar-refractivity contribution in [2.24, 2.45) is 5.92 Å². The Morgan fingerprint density at radius 1 is 1.33 bits per heavy atom. The molecule has 1 aromatic rings. The van der Waals surface area contributed by atoms with Crippen molar-refractivity contribution in [3.8, 4) is 0 Å². The molecule has 2 aliphatic rings. The first-order valence-electron chi connectivity index (χ1n) is 6.77. The molecule has 0 bridgehead atoms. The van der Waals surface area contributed by atoms with Gasteiger partial charge < -0.3 is 4.74 Å². The van der Waals surface area contributed by atoms with E-state index in [4.69, 9.17) is 4.74 Å². The fourth-order valence-corrected chi connectivity index (χ4v) is 3.11. The van der Waals surface area contributed by atoms with Gasteiger partial charge in [-0.2, -0.15) is 0 Å². The number of fused-ring (bicyclic) bond motifs is 1. The fourth-order valence-electron chi connectivity index (χ4n) is 3.11. The molecule has 0 spiro atoms. The number of carbonyl (C=O) groups excluding carboxylic acids is 1. The van der Waals surface area contributed by atoms with Gasteiger partial charge in [0.1, 0.15) is 6.61 Å². The minimum atomic E-state index is -0.0201. The summed E-state index contributed by atoms with van der Waals surface area (Å²) in [5.41, 5.74) is 1.06. The van der Waals surface area contributed by atoms with Crippen LogP contribution in [0.25, 0.3) is 0 Å². The van der Waals surface area contributed by atoms with Crippen LogP contribution in [0.5, 0.6) is 0 Å². The van der Waals surface area contributed by atoms with E-state index in [0.717, 1.165) is 25.1 Å². The number of hydrogen-bond acceptors (Lipinski definition) is 3. The number of benzene rings is 1. The van der Waals surface area contributed by atoms with Crippen LogP contribution in [0.3, 0.4) is 0 Å². The molecule has 3 heteroatoms. The maximum absolute atomic E-state index is 12.0. The van der Waals surface area contributed by atoms with Gasteiger partial charge in [0, 0.05) is 12.6 Å². The number of carbonyl (C=O) groups is 1. The summed E-state index contributed by atoms with van der Waals surface area (Å²) in [5, 5.41) is 0. The van der Waals surface area contributed by atoms with E-state index in [-0.39, 0.29) is 11.9 Å². The first-order valence-corrected chi connectivity index (χ1v) is 6.77. The first kappa shape index (κ1) is 11.7. The molecule has 3 rings (SSSR count). The molecule has 0 unspecified atom stereocenters. The molecular formula is C15H19NO2. The summed E-state index contributed by atoms with van der Waals surface area (Å²) in [7, 11) is 0. The van der Waals surface area contributed by atoms with E-state index in [9.17, 15) is 4.79 Å². The highest BCUT2D eigenvalue weighted by atomic mass is 16.5.